The molecule has 0 aliphatic rings. The van der Waals surface area contributed by atoms with E-state index in [1.54, 1.807) is 6.07 Å². The number of amides is 1. The van der Waals surface area contributed by atoms with Crippen molar-refractivity contribution in [1.29, 1.82) is 0 Å². The fourth-order valence-corrected chi connectivity index (χ4v) is 1.53. The second-order valence-electron chi connectivity index (χ2n) is 3.87. The standard InChI is InChI=1S/C13H15N3O4/c1-3-6-14-13(17)8-15-12-5-4-11(16(18)19)7-10(12)9-20-2/h1,4-5,7,15H,6,8-9H2,2H3,(H,14,17). The summed E-state index contributed by atoms with van der Waals surface area (Å²) in [5.41, 5.74) is 1.18. The summed E-state index contributed by atoms with van der Waals surface area (Å²) in [5, 5.41) is 16.1. The van der Waals surface area contributed by atoms with Crippen LogP contribution in [0.4, 0.5) is 11.4 Å². The maximum absolute atomic E-state index is 11.4. The van der Waals surface area contributed by atoms with Crippen LogP contribution in [0.5, 0.6) is 0 Å². The predicted octanol–water partition coefficient (Wildman–Crippen LogP) is 0.903. The van der Waals surface area contributed by atoms with Crippen LogP contribution in [-0.2, 0) is 16.1 Å². The molecule has 0 heterocycles. The summed E-state index contributed by atoms with van der Waals surface area (Å²) in [6.07, 6.45) is 5.03. The molecule has 0 spiro atoms. The quantitative estimate of drug-likeness (QED) is 0.439. The zero-order chi connectivity index (χ0) is 15.0. The lowest BCUT2D eigenvalue weighted by molar-refractivity contribution is -0.384. The van der Waals surface area contributed by atoms with Crippen molar-refractivity contribution in [1.82, 2.24) is 5.32 Å². The Morgan fingerprint density at radius 2 is 2.30 bits per heavy atom. The molecule has 20 heavy (non-hydrogen) atoms. The van der Waals surface area contributed by atoms with E-state index in [1.807, 2.05) is 0 Å². The third-order valence-corrected chi connectivity index (χ3v) is 2.43. The first-order valence-electron chi connectivity index (χ1n) is 5.78. The van der Waals surface area contributed by atoms with Gasteiger partial charge in [-0.15, -0.1) is 6.42 Å². The topological polar surface area (TPSA) is 93.5 Å². The van der Waals surface area contributed by atoms with Crippen molar-refractivity contribution in [2.75, 3.05) is 25.5 Å². The third-order valence-electron chi connectivity index (χ3n) is 2.43. The normalized spacial score (nSPS) is 9.60. The van der Waals surface area contributed by atoms with E-state index >= 15 is 0 Å². The van der Waals surface area contributed by atoms with Crippen molar-refractivity contribution in [3.63, 3.8) is 0 Å². The van der Waals surface area contributed by atoms with Crippen LogP contribution in [0.25, 0.3) is 0 Å². The SMILES string of the molecule is C#CCNC(=O)CNc1ccc([N+](=O)[O-])cc1COC. The van der Waals surface area contributed by atoms with Gasteiger partial charge in [0.15, 0.2) is 0 Å². The molecule has 0 fully saturated rings. The molecular formula is C13H15N3O4. The van der Waals surface area contributed by atoms with Gasteiger partial charge in [0.25, 0.3) is 5.69 Å². The van der Waals surface area contributed by atoms with Crippen LogP contribution in [0.15, 0.2) is 18.2 Å². The molecule has 0 atom stereocenters. The summed E-state index contributed by atoms with van der Waals surface area (Å²) < 4.78 is 4.99. The minimum Gasteiger partial charge on any atom is -0.380 e. The maximum atomic E-state index is 11.4. The predicted molar refractivity (Wildman–Crippen MR) is 74.1 cm³/mol. The zero-order valence-corrected chi connectivity index (χ0v) is 11.0. The summed E-state index contributed by atoms with van der Waals surface area (Å²) in [6.45, 7) is 0.387. The van der Waals surface area contributed by atoms with E-state index < -0.39 is 4.92 Å². The monoisotopic (exact) mass is 277 g/mol. The number of nitro benzene ring substituents is 1. The molecule has 1 aromatic carbocycles. The summed E-state index contributed by atoms with van der Waals surface area (Å²) in [4.78, 5) is 21.6. The van der Waals surface area contributed by atoms with Crippen molar-refractivity contribution < 1.29 is 14.5 Å². The van der Waals surface area contributed by atoms with E-state index in [-0.39, 0.29) is 31.3 Å². The lowest BCUT2D eigenvalue weighted by Crippen LogP contribution is -2.30. The van der Waals surface area contributed by atoms with Crippen molar-refractivity contribution in [2.45, 2.75) is 6.61 Å². The minimum atomic E-state index is -0.484. The Kier molecular flexibility index (Phi) is 6.00. The number of benzene rings is 1. The van der Waals surface area contributed by atoms with Crippen LogP contribution in [-0.4, -0.2) is 31.0 Å². The Labute approximate surface area is 116 Å². The Morgan fingerprint density at radius 1 is 1.55 bits per heavy atom. The summed E-state index contributed by atoms with van der Waals surface area (Å²) in [6, 6.07) is 4.31. The van der Waals surface area contributed by atoms with Crippen molar-refractivity contribution in [3.05, 3.63) is 33.9 Å². The van der Waals surface area contributed by atoms with Gasteiger partial charge in [-0.1, -0.05) is 5.92 Å². The van der Waals surface area contributed by atoms with Gasteiger partial charge in [0, 0.05) is 30.5 Å². The molecule has 1 amide bonds. The van der Waals surface area contributed by atoms with E-state index in [0.29, 0.717) is 11.3 Å². The van der Waals surface area contributed by atoms with Crippen LogP contribution in [0.1, 0.15) is 5.56 Å². The first-order valence-corrected chi connectivity index (χ1v) is 5.78. The van der Waals surface area contributed by atoms with E-state index in [4.69, 9.17) is 11.2 Å². The Bertz CT molecular complexity index is 537. The van der Waals surface area contributed by atoms with Gasteiger partial charge in [-0.2, -0.15) is 0 Å². The Hall–Kier alpha value is -2.59. The highest BCUT2D eigenvalue weighted by molar-refractivity contribution is 5.81. The second-order valence-corrected chi connectivity index (χ2v) is 3.87. The summed E-state index contributed by atoms with van der Waals surface area (Å²) >= 11 is 0. The Balaban J connectivity index is 2.76. The molecule has 7 heteroatoms. The fourth-order valence-electron chi connectivity index (χ4n) is 1.53. The first-order chi connectivity index (χ1) is 9.58. The number of non-ortho nitro benzene ring substituents is 1. The minimum absolute atomic E-state index is 0.0240. The number of nitro groups is 1. The lowest BCUT2D eigenvalue weighted by Gasteiger charge is -2.11. The molecular weight excluding hydrogens is 262 g/mol. The van der Waals surface area contributed by atoms with Crippen LogP contribution < -0.4 is 10.6 Å². The highest BCUT2D eigenvalue weighted by Crippen LogP contribution is 2.22. The van der Waals surface area contributed by atoms with Gasteiger partial charge in [0.1, 0.15) is 0 Å². The van der Waals surface area contributed by atoms with Gasteiger partial charge in [0.2, 0.25) is 5.91 Å². The largest absolute Gasteiger partial charge is 0.380 e. The zero-order valence-electron chi connectivity index (χ0n) is 11.0. The molecule has 2 N–H and O–H groups in total. The summed E-state index contributed by atoms with van der Waals surface area (Å²) in [7, 11) is 1.49. The molecule has 0 radical (unpaired) electrons. The van der Waals surface area contributed by atoms with Crippen molar-refractivity contribution in [2.24, 2.45) is 0 Å². The molecule has 106 valence electrons. The first kappa shape index (κ1) is 15.5. The molecule has 0 aromatic heterocycles. The molecule has 1 aromatic rings. The van der Waals surface area contributed by atoms with E-state index in [1.165, 1.54) is 19.2 Å². The average molecular weight is 277 g/mol. The lowest BCUT2D eigenvalue weighted by atomic mass is 10.1. The number of terminal acetylenes is 1. The molecule has 0 bridgehead atoms. The number of nitrogens with one attached hydrogen (secondary N) is 2. The molecule has 0 unspecified atom stereocenters. The number of carbonyl (C=O) groups excluding carboxylic acids is 1. The second kappa shape index (κ2) is 7.76. The number of carbonyl (C=O) groups is 1. The molecule has 0 aliphatic heterocycles. The molecule has 1 rings (SSSR count). The number of methoxy groups -OCH3 is 1. The Morgan fingerprint density at radius 3 is 2.90 bits per heavy atom. The van der Waals surface area contributed by atoms with Gasteiger partial charge in [-0.05, 0) is 6.07 Å². The van der Waals surface area contributed by atoms with Crippen molar-refractivity contribution in [3.8, 4) is 12.3 Å². The van der Waals surface area contributed by atoms with E-state index in [2.05, 4.69) is 16.6 Å². The van der Waals surface area contributed by atoms with E-state index in [0.717, 1.165) is 0 Å². The van der Waals surface area contributed by atoms with Gasteiger partial charge >= 0.3 is 0 Å². The fraction of sp³-hybridized carbons (Fsp3) is 0.308. The number of anilines is 1. The van der Waals surface area contributed by atoms with Crippen LogP contribution in [0, 0.1) is 22.5 Å². The third kappa shape index (κ3) is 4.59. The number of rotatable bonds is 7. The average Bonchev–Trinajstić information content (AvgIpc) is 2.43. The molecule has 0 aliphatic carbocycles. The number of nitrogens with zero attached hydrogens (tertiary/aromatic N) is 1. The van der Waals surface area contributed by atoms with Gasteiger partial charge in [0.05, 0.1) is 24.6 Å². The summed E-state index contributed by atoms with van der Waals surface area (Å²) in [5.74, 6) is 2.03. The van der Waals surface area contributed by atoms with E-state index in [9.17, 15) is 14.9 Å². The number of ether oxygens (including phenoxy) is 1. The van der Waals surface area contributed by atoms with Gasteiger partial charge in [-0.3, -0.25) is 14.9 Å². The van der Waals surface area contributed by atoms with Gasteiger partial charge in [-0.25, -0.2) is 0 Å². The molecule has 0 saturated heterocycles. The molecule has 7 nitrogen and oxygen atoms in total. The smallest absolute Gasteiger partial charge is 0.269 e. The van der Waals surface area contributed by atoms with Crippen LogP contribution in [0.2, 0.25) is 0 Å². The van der Waals surface area contributed by atoms with Crippen LogP contribution >= 0.6 is 0 Å². The number of hydrogen-bond donors (Lipinski definition) is 2. The highest BCUT2D eigenvalue weighted by atomic mass is 16.6. The van der Waals surface area contributed by atoms with Gasteiger partial charge < -0.3 is 15.4 Å². The van der Waals surface area contributed by atoms with Crippen LogP contribution in [0.3, 0.4) is 0 Å². The highest BCUT2D eigenvalue weighted by Gasteiger charge is 2.11. The number of hydrogen-bond acceptors (Lipinski definition) is 5. The molecule has 0 saturated carbocycles. The maximum Gasteiger partial charge on any atom is 0.269 e. The van der Waals surface area contributed by atoms with Crippen molar-refractivity contribution >= 4 is 17.3 Å².